The number of carbonyl (C=O) groups excluding carboxylic acids is 1. The van der Waals surface area contributed by atoms with Gasteiger partial charge in [-0.15, -0.1) is 0 Å². The van der Waals surface area contributed by atoms with E-state index in [0.717, 1.165) is 52.4 Å². The lowest BCUT2D eigenvalue weighted by molar-refractivity contribution is 0.0622. The van der Waals surface area contributed by atoms with Crippen LogP contribution >= 0.6 is 0 Å². The zero-order chi connectivity index (χ0) is 15.2. The molecule has 0 radical (unpaired) electrons. The number of carbonyl (C=O) groups is 1. The Balaban J connectivity index is 1.38. The topological polar surface area (TPSA) is 42.0 Å². The molecule has 0 aliphatic carbocycles. The molecule has 0 N–H and O–H groups in total. The van der Waals surface area contributed by atoms with E-state index in [1.807, 2.05) is 11.0 Å². The molecule has 1 aromatic carbocycles. The van der Waals surface area contributed by atoms with Crippen molar-refractivity contribution in [1.82, 2.24) is 9.80 Å². The van der Waals surface area contributed by atoms with Crippen LogP contribution < -0.4 is 0 Å². The summed E-state index contributed by atoms with van der Waals surface area (Å²) in [4.78, 5) is 16.3. The lowest BCUT2D eigenvalue weighted by atomic mass is 10.1. The van der Waals surface area contributed by atoms with E-state index in [0.29, 0.717) is 12.5 Å². The Morgan fingerprint density at radius 2 is 1.95 bits per heavy atom. The van der Waals surface area contributed by atoms with Gasteiger partial charge in [0.05, 0.1) is 13.2 Å². The molecule has 22 heavy (non-hydrogen) atoms. The molecule has 0 spiro atoms. The van der Waals surface area contributed by atoms with Crippen LogP contribution in [0.25, 0.3) is 0 Å². The molecule has 0 saturated carbocycles. The quantitative estimate of drug-likeness (QED) is 0.853. The number of hydrogen-bond donors (Lipinski definition) is 0. The first kappa shape index (κ1) is 15.3. The van der Waals surface area contributed by atoms with Gasteiger partial charge >= 0.3 is 6.09 Å². The van der Waals surface area contributed by atoms with Crippen LogP contribution in [0.3, 0.4) is 0 Å². The first-order chi connectivity index (χ1) is 10.8. The number of amides is 1. The van der Waals surface area contributed by atoms with Gasteiger partial charge in [-0.25, -0.2) is 4.79 Å². The third-order valence-corrected chi connectivity index (χ3v) is 4.35. The fourth-order valence-electron chi connectivity index (χ4n) is 2.93. The molecule has 120 valence electrons. The first-order valence-electron chi connectivity index (χ1n) is 8.07. The lowest BCUT2D eigenvalue weighted by Crippen LogP contribution is -2.48. The Hall–Kier alpha value is -1.59. The molecule has 5 nitrogen and oxygen atoms in total. The highest BCUT2D eigenvalue weighted by atomic mass is 16.6. The summed E-state index contributed by atoms with van der Waals surface area (Å²) in [6, 6.07) is 10.5. The molecule has 0 aromatic heterocycles. The molecule has 2 saturated heterocycles. The lowest BCUT2D eigenvalue weighted by Gasteiger charge is -2.34. The Kier molecular flexibility index (Phi) is 5.29. The smallest absolute Gasteiger partial charge is 0.409 e. The molecule has 2 aliphatic heterocycles. The van der Waals surface area contributed by atoms with Crippen molar-refractivity contribution in [2.75, 3.05) is 46.0 Å². The molecule has 3 rings (SSSR count). The van der Waals surface area contributed by atoms with Crippen LogP contribution in [0.15, 0.2) is 30.3 Å². The van der Waals surface area contributed by atoms with Crippen LogP contribution in [-0.2, 0) is 16.0 Å². The standard InChI is InChI=1S/C17H24N2O3/c20-17(22-14-16-6-11-21-13-16)19-9-7-18(8-10-19)12-15-4-2-1-3-5-15/h1-5,16H,6-14H2/t16-/m1/s1. The minimum atomic E-state index is -0.175. The van der Waals surface area contributed by atoms with Gasteiger partial charge in [0.15, 0.2) is 0 Å². The van der Waals surface area contributed by atoms with E-state index in [1.54, 1.807) is 0 Å². The highest BCUT2D eigenvalue weighted by Crippen LogP contribution is 2.14. The zero-order valence-electron chi connectivity index (χ0n) is 12.9. The van der Waals surface area contributed by atoms with Gasteiger partial charge in [-0.3, -0.25) is 4.90 Å². The molecular formula is C17H24N2O3. The van der Waals surface area contributed by atoms with E-state index >= 15 is 0 Å². The Bertz CT molecular complexity index is 466. The minimum absolute atomic E-state index is 0.175. The van der Waals surface area contributed by atoms with Crippen LogP contribution in [0.1, 0.15) is 12.0 Å². The molecule has 0 unspecified atom stereocenters. The van der Waals surface area contributed by atoms with Crippen LogP contribution in [-0.4, -0.2) is 61.9 Å². The van der Waals surface area contributed by atoms with Gasteiger partial charge in [-0.2, -0.15) is 0 Å². The minimum Gasteiger partial charge on any atom is -0.449 e. The second-order valence-corrected chi connectivity index (χ2v) is 6.06. The van der Waals surface area contributed by atoms with Crippen molar-refractivity contribution < 1.29 is 14.3 Å². The van der Waals surface area contributed by atoms with E-state index in [2.05, 4.69) is 29.2 Å². The third-order valence-electron chi connectivity index (χ3n) is 4.35. The first-order valence-corrected chi connectivity index (χ1v) is 8.07. The number of nitrogens with zero attached hydrogens (tertiary/aromatic N) is 2. The molecular weight excluding hydrogens is 280 g/mol. The van der Waals surface area contributed by atoms with Crippen LogP contribution in [0.2, 0.25) is 0 Å². The van der Waals surface area contributed by atoms with Crippen molar-refractivity contribution in [2.45, 2.75) is 13.0 Å². The van der Waals surface area contributed by atoms with E-state index in [9.17, 15) is 4.79 Å². The summed E-state index contributed by atoms with van der Waals surface area (Å²) >= 11 is 0. The molecule has 1 atom stereocenters. The van der Waals surface area contributed by atoms with Gasteiger partial charge in [0, 0.05) is 45.2 Å². The number of ether oxygens (including phenoxy) is 2. The summed E-state index contributed by atoms with van der Waals surface area (Å²) < 4.78 is 10.7. The fraction of sp³-hybridized carbons (Fsp3) is 0.588. The van der Waals surface area contributed by atoms with Gasteiger partial charge < -0.3 is 14.4 Å². The highest BCUT2D eigenvalue weighted by molar-refractivity contribution is 5.67. The van der Waals surface area contributed by atoms with E-state index in [-0.39, 0.29) is 6.09 Å². The normalized spacial score (nSPS) is 22.7. The second kappa shape index (κ2) is 7.61. The van der Waals surface area contributed by atoms with Crippen molar-refractivity contribution in [3.05, 3.63) is 35.9 Å². The number of hydrogen-bond acceptors (Lipinski definition) is 4. The average Bonchev–Trinajstić information content (AvgIpc) is 3.08. The van der Waals surface area contributed by atoms with Gasteiger partial charge in [0.2, 0.25) is 0 Å². The van der Waals surface area contributed by atoms with E-state index in [1.165, 1.54) is 5.56 Å². The van der Waals surface area contributed by atoms with E-state index in [4.69, 9.17) is 9.47 Å². The second-order valence-electron chi connectivity index (χ2n) is 6.06. The van der Waals surface area contributed by atoms with Crippen LogP contribution in [0, 0.1) is 5.92 Å². The third kappa shape index (κ3) is 4.21. The van der Waals surface area contributed by atoms with Gasteiger partial charge in [0.1, 0.15) is 0 Å². The average molecular weight is 304 g/mol. The Morgan fingerprint density at radius 3 is 2.64 bits per heavy atom. The molecule has 2 fully saturated rings. The van der Waals surface area contributed by atoms with Crippen molar-refractivity contribution >= 4 is 6.09 Å². The summed E-state index contributed by atoms with van der Waals surface area (Å²) in [5.74, 6) is 0.378. The molecule has 1 aromatic rings. The van der Waals surface area contributed by atoms with E-state index < -0.39 is 0 Å². The number of rotatable bonds is 4. The number of piperazine rings is 1. The summed E-state index contributed by atoms with van der Waals surface area (Å²) in [7, 11) is 0. The summed E-state index contributed by atoms with van der Waals surface area (Å²) in [6.45, 7) is 6.23. The SMILES string of the molecule is O=C(OC[C@@H]1CCOC1)N1CCN(Cc2ccccc2)CC1. The summed E-state index contributed by atoms with van der Waals surface area (Å²) in [5, 5.41) is 0. The molecule has 5 heteroatoms. The molecule has 1 amide bonds. The summed E-state index contributed by atoms with van der Waals surface area (Å²) in [6.07, 6.45) is 0.823. The predicted molar refractivity (Wildman–Crippen MR) is 83.6 cm³/mol. The van der Waals surface area contributed by atoms with Gasteiger partial charge in [-0.05, 0) is 12.0 Å². The zero-order valence-corrected chi connectivity index (χ0v) is 12.9. The van der Waals surface area contributed by atoms with Gasteiger partial charge in [0.25, 0.3) is 0 Å². The maximum absolute atomic E-state index is 12.1. The highest BCUT2D eigenvalue weighted by Gasteiger charge is 2.24. The maximum Gasteiger partial charge on any atom is 0.409 e. The molecule has 2 aliphatic rings. The molecule has 0 bridgehead atoms. The maximum atomic E-state index is 12.1. The van der Waals surface area contributed by atoms with Crippen LogP contribution in [0.5, 0.6) is 0 Å². The Morgan fingerprint density at radius 1 is 1.18 bits per heavy atom. The largest absolute Gasteiger partial charge is 0.449 e. The number of benzene rings is 1. The Labute approximate surface area is 131 Å². The van der Waals surface area contributed by atoms with Crippen molar-refractivity contribution in [2.24, 2.45) is 5.92 Å². The predicted octanol–water partition coefficient (Wildman–Crippen LogP) is 1.98. The van der Waals surface area contributed by atoms with Crippen molar-refractivity contribution in [1.29, 1.82) is 0 Å². The van der Waals surface area contributed by atoms with Crippen molar-refractivity contribution in [3.63, 3.8) is 0 Å². The van der Waals surface area contributed by atoms with Gasteiger partial charge in [-0.1, -0.05) is 30.3 Å². The van der Waals surface area contributed by atoms with Crippen molar-refractivity contribution in [3.8, 4) is 0 Å². The van der Waals surface area contributed by atoms with Crippen LogP contribution in [0.4, 0.5) is 4.79 Å². The summed E-state index contributed by atoms with van der Waals surface area (Å²) in [5.41, 5.74) is 1.32. The monoisotopic (exact) mass is 304 g/mol. The fourth-order valence-corrected chi connectivity index (χ4v) is 2.93. The molecule has 2 heterocycles.